The molecule has 29 heavy (non-hydrogen) atoms. The van der Waals surface area contributed by atoms with Gasteiger partial charge in [-0.25, -0.2) is 17.2 Å². The van der Waals surface area contributed by atoms with Crippen molar-refractivity contribution in [1.29, 1.82) is 0 Å². The first-order valence-electron chi connectivity index (χ1n) is 10.4. The van der Waals surface area contributed by atoms with Crippen LogP contribution in [0.5, 0.6) is 0 Å². The predicted molar refractivity (Wildman–Crippen MR) is 103 cm³/mol. The van der Waals surface area contributed by atoms with Crippen molar-refractivity contribution in [2.24, 2.45) is 11.8 Å². The number of hydrogen-bond donors (Lipinski definition) is 0. The van der Waals surface area contributed by atoms with E-state index in [9.17, 15) is 34.8 Å². The molecule has 2 unspecified atom stereocenters. The topological polar surface area (TPSA) is 37.4 Å². The molecule has 3 nitrogen and oxygen atoms in total. The summed E-state index contributed by atoms with van der Waals surface area (Å²) < 4.78 is 106. The number of halogens is 6. The second kappa shape index (κ2) is 12.4. The van der Waals surface area contributed by atoms with Crippen molar-refractivity contribution in [3.8, 4) is 0 Å². The lowest BCUT2D eigenvalue weighted by molar-refractivity contribution is -0.226. The zero-order valence-corrected chi connectivity index (χ0v) is 18.6. The van der Waals surface area contributed by atoms with E-state index < -0.39 is 27.6 Å². The maximum absolute atomic E-state index is 14.2. The van der Waals surface area contributed by atoms with Crippen LogP contribution in [-0.4, -0.2) is 43.4 Å². The Labute approximate surface area is 171 Å². The highest BCUT2D eigenvalue weighted by molar-refractivity contribution is 7.90. The van der Waals surface area contributed by atoms with Crippen molar-refractivity contribution in [2.45, 2.75) is 96.7 Å². The first kappa shape index (κ1) is 28.5. The van der Waals surface area contributed by atoms with Crippen LogP contribution >= 0.6 is 0 Å². The van der Waals surface area contributed by atoms with Crippen LogP contribution in [0.2, 0.25) is 0 Å². The molecule has 2 atom stereocenters. The van der Waals surface area contributed by atoms with Gasteiger partial charge in [-0.3, -0.25) is 0 Å². The van der Waals surface area contributed by atoms with E-state index in [1.807, 2.05) is 13.8 Å². The molecule has 0 aliphatic carbocycles. The van der Waals surface area contributed by atoms with Gasteiger partial charge in [0.1, 0.15) is 0 Å². The monoisotopic (exact) mass is 455 g/mol. The van der Waals surface area contributed by atoms with Gasteiger partial charge in [0.05, 0.1) is 0 Å². The van der Waals surface area contributed by atoms with Gasteiger partial charge in [-0.2, -0.15) is 21.9 Å². The predicted octanol–water partition coefficient (Wildman–Crippen LogP) is 6.54. The molecule has 0 amide bonds. The van der Waals surface area contributed by atoms with Gasteiger partial charge in [-0.15, -0.1) is 0 Å². The molecule has 0 heterocycles. The van der Waals surface area contributed by atoms with Crippen LogP contribution in [0.25, 0.3) is 0 Å². The highest BCUT2D eigenvalue weighted by Crippen LogP contribution is 2.44. The van der Waals surface area contributed by atoms with Crippen molar-refractivity contribution in [3.05, 3.63) is 0 Å². The van der Waals surface area contributed by atoms with Gasteiger partial charge < -0.3 is 0 Å². The third-order valence-electron chi connectivity index (χ3n) is 5.34. The van der Waals surface area contributed by atoms with E-state index in [0.717, 1.165) is 25.7 Å². The van der Waals surface area contributed by atoms with Crippen LogP contribution in [-0.2, 0) is 10.0 Å². The van der Waals surface area contributed by atoms with E-state index in [4.69, 9.17) is 0 Å². The van der Waals surface area contributed by atoms with E-state index in [1.54, 1.807) is 13.8 Å². The third-order valence-corrected chi connectivity index (χ3v) is 7.23. The summed E-state index contributed by atoms with van der Waals surface area (Å²) in [6.07, 6.45) is 0.282. The fraction of sp³-hybridized carbons (Fsp3) is 1.00. The molecule has 0 rings (SSSR count). The highest BCUT2D eigenvalue weighted by Gasteiger charge is 2.72. The van der Waals surface area contributed by atoms with Crippen molar-refractivity contribution in [3.63, 3.8) is 0 Å². The summed E-state index contributed by atoms with van der Waals surface area (Å²) in [7, 11) is -5.99. The van der Waals surface area contributed by atoms with Crippen LogP contribution in [0.3, 0.4) is 0 Å². The maximum Gasteiger partial charge on any atom is 0.426 e. The number of unbranched alkanes of at least 4 members (excludes halogenated alkanes) is 2. The molecule has 0 saturated carbocycles. The average Bonchev–Trinajstić information content (AvgIpc) is 2.66. The summed E-state index contributed by atoms with van der Waals surface area (Å²) in [4.78, 5) is 0. The molecule has 0 saturated heterocycles. The molecule has 0 aliphatic heterocycles. The van der Waals surface area contributed by atoms with E-state index in [-0.39, 0.29) is 24.9 Å². The number of alkyl halides is 6. The molecular weight excluding hydrogens is 420 g/mol. The molecule has 0 spiro atoms. The standard InChI is InChI=1S/C19H35F6NO2S/c1-5-9-11-15(7-3)13-26(14-16(8-4)12-10-6-2)29(27,28)19(24,25)18(22,23)17(20)21/h15-17H,5-14H2,1-4H3. The number of sulfonamides is 1. The molecule has 0 bridgehead atoms. The second-order valence-electron chi connectivity index (χ2n) is 7.60. The van der Waals surface area contributed by atoms with Gasteiger partial charge in [0.2, 0.25) is 0 Å². The summed E-state index contributed by atoms with van der Waals surface area (Å²) in [5.41, 5.74) is 0. The molecular formula is C19H35F6NO2S. The van der Waals surface area contributed by atoms with Gasteiger partial charge in [-0.1, -0.05) is 66.2 Å². The fourth-order valence-electron chi connectivity index (χ4n) is 3.14. The largest absolute Gasteiger partial charge is 0.426 e. The molecule has 0 aromatic carbocycles. The Morgan fingerprint density at radius 2 is 1.17 bits per heavy atom. The number of hydrogen-bond acceptors (Lipinski definition) is 2. The van der Waals surface area contributed by atoms with Crippen molar-refractivity contribution >= 4 is 10.0 Å². The van der Waals surface area contributed by atoms with E-state index in [1.165, 1.54) is 0 Å². The molecule has 0 fully saturated rings. The first-order chi connectivity index (χ1) is 13.3. The highest BCUT2D eigenvalue weighted by atomic mass is 32.2. The Morgan fingerprint density at radius 1 is 0.793 bits per heavy atom. The SMILES string of the molecule is CCCCC(CC)CN(CC(CC)CCCC)S(=O)(=O)C(F)(F)C(F)(F)C(F)F. The number of rotatable bonds is 16. The average molecular weight is 456 g/mol. The zero-order chi connectivity index (χ0) is 22.9. The fourth-order valence-corrected chi connectivity index (χ4v) is 4.71. The Kier molecular flexibility index (Phi) is 12.2. The minimum Gasteiger partial charge on any atom is -0.206 e. The van der Waals surface area contributed by atoms with Crippen molar-refractivity contribution < 1.29 is 34.8 Å². The van der Waals surface area contributed by atoms with Gasteiger partial charge >= 0.3 is 17.6 Å². The molecule has 0 aliphatic rings. The van der Waals surface area contributed by atoms with Gasteiger partial charge in [0.25, 0.3) is 10.0 Å². The van der Waals surface area contributed by atoms with E-state index in [0.29, 0.717) is 30.0 Å². The summed E-state index contributed by atoms with van der Waals surface area (Å²) in [5, 5.41) is -5.89. The van der Waals surface area contributed by atoms with Crippen molar-refractivity contribution in [1.82, 2.24) is 4.31 Å². The van der Waals surface area contributed by atoms with Crippen LogP contribution < -0.4 is 0 Å². The molecule has 0 N–H and O–H groups in total. The quantitative estimate of drug-likeness (QED) is 0.248. The Morgan fingerprint density at radius 3 is 1.45 bits per heavy atom. The van der Waals surface area contributed by atoms with Gasteiger partial charge in [-0.05, 0) is 24.7 Å². The minimum atomic E-state index is -5.99. The lowest BCUT2D eigenvalue weighted by Gasteiger charge is -2.34. The van der Waals surface area contributed by atoms with Gasteiger partial charge in [0, 0.05) is 13.1 Å². The maximum atomic E-state index is 14.2. The van der Waals surface area contributed by atoms with Crippen LogP contribution in [0.15, 0.2) is 0 Å². The Balaban J connectivity index is 5.97. The normalized spacial score (nSPS) is 15.9. The third kappa shape index (κ3) is 7.29. The summed E-state index contributed by atoms with van der Waals surface area (Å²) in [6.45, 7) is 6.58. The van der Waals surface area contributed by atoms with Crippen molar-refractivity contribution in [2.75, 3.05) is 13.1 Å². The summed E-state index contributed by atoms with van der Waals surface area (Å²) in [5.74, 6) is -6.60. The smallest absolute Gasteiger partial charge is 0.206 e. The second-order valence-corrected chi connectivity index (χ2v) is 9.57. The number of nitrogens with zero attached hydrogens (tertiary/aromatic N) is 1. The first-order valence-corrected chi connectivity index (χ1v) is 11.8. The minimum absolute atomic E-state index is 0.315. The Hall–Kier alpha value is -0.510. The van der Waals surface area contributed by atoms with Crippen LogP contribution in [0.1, 0.15) is 79.1 Å². The summed E-state index contributed by atoms with van der Waals surface area (Å²) in [6, 6.07) is 0. The lowest BCUT2D eigenvalue weighted by atomic mass is 9.97. The van der Waals surface area contributed by atoms with E-state index >= 15 is 0 Å². The lowest BCUT2D eigenvalue weighted by Crippen LogP contribution is -2.57. The van der Waals surface area contributed by atoms with Crippen LogP contribution in [0.4, 0.5) is 26.3 Å². The van der Waals surface area contributed by atoms with Crippen LogP contribution in [0, 0.1) is 11.8 Å². The molecule has 176 valence electrons. The van der Waals surface area contributed by atoms with E-state index in [2.05, 4.69) is 0 Å². The Bertz CT molecular complexity index is 539. The molecule has 0 aromatic heterocycles. The summed E-state index contributed by atoms with van der Waals surface area (Å²) >= 11 is 0. The van der Waals surface area contributed by atoms with Gasteiger partial charge in [0.15, 0.2) is 0 Å². The molecule has 10 heteroatoms. The molecule has 0 radical (unpaired) electrons. The zero-order valence-electron chi connectivity index (χ0n) is 17.7. The molecule has 0 aromatic rings.